The molecule has 4 aromatic rings. The van der Waals surface area contributed by atoms with Gasteiger partial charge < -0.3 is 9.47 Å². The highest BCUT2D eigenvalue weighted by Crippen LogP contribution is 2.43. The van der Waals surface area contributed by atoms with Crippen LogP contribution in [0.5, 0.6) is 0 Å². The highest BCUT2D eigenvalue weighted by Gasteiger charge is 2.40. The molecular weight excluding hydrogens is 458 g/mol. The van der Waals surface area contributed by atoms with Crippen LogP contribution in [0.25, 0.3) is 21.6 Å². The average molecular weight is 482 g/mol. The number of ether oxygens (including phenoxy) is 2. The zero-order valence-corrected chi connectivity index (χ0v) is 19.5. The summed E-state index contributed by atoms with van der Waals surface area (Å²) >= 11 is 1.48. The molecule has 1 saturated heterocycles. The topological polar surface area (TPSA) is 83.3 Å². The molecule has 1 spiro atoms. The molecule has 2 aliphatic rings. The standard InChI is InChI=1S/C24H23N3O4S2/c28-33(29,19-4-2-1-3-5-19)27-16-21(23-25-10-13-32-23)20-14-18(15-26-22(20)27)17-6-8-24(9-7-17)30-11-12-31-24/h1-5,10,13-17H,6-9,11-12H2. The van der Waals surface area contributed by atoms with Gasteiger partial charge in [0.1, 0.15) is 5.01 Å². The van der Waals surface area contributed by atoms with Crippen LogP contribution in [0.1, 0.15) is 37.2 Å². The monoisotopic (exact) mass is 481 g/mol. The van der Waals surface area contributed by atoms with E-state index in [1.54, 1.807) is 42.7 Å². The third-order valence-electron chi connectivity index (χ3n) is 6.63. The lowest BCUT2D eigenvalue weighted by molar-refractivity contribution is -0.178. The fourth-order valence-electron chi connectivity index (χ4n) is 4.91. The van der Waals surface area contributed by atoms with E-state index in [0.717, 1.165) is 47.2 Å². The molecule has 6 rings (SSSR count). The van der Waals surface area contributed by atoms with Crippen molar-refractivity contribution in [3.05, 3.63) is 65.9 Å². The Balaban J connectivity index is 1.43. The van der Waals surface area contributed by atoms with Gasteiger partial charge in [-0.15, -0.1) is 11.3 Å². The lowest BCUT2D eigenvalue weighted by Crippen LogP contribution is -2.34. The number of benzene rings is 1. The van der Waals surface area contributed by atoms with Gasteiger partial charge in [0, 0.05) is 47.8 Å². The Morgan fingerprint density at radius 1 is 1.06 bits per heavy atom. The van der Waals surface area contributed by atoms with Crippen molar-refractivity contribution in [2.75, 3.05) is 13.2 Å². The Hall–Kier alpha value is -2.59. The number of pyridine rings is 1. The summed E-state index contributed by atoms with van der Waals surface area (Å²) in [5.41, 5.74) is 2.31. The number of hydrogen-bond acceptors (Lipinski definition) is 7. The second-order valence-corrected chi connectivity index (χ2v) is 11.2. The van der Waals surface area contributed by atoms with Gasteiger partial charge in [-0.3, -0.25) is 0 Å². The summed E-state index contributed by atoms with van der Waals surface area (Å²) in [5, 5.41) is 3.47. The maximum atomic E-state index is 13.4. The quantitative estimate of drug-likeness (QED) is 0.416. The van der Waals surface area contributed by atoms with E-state index in [1.807, 2.05) is 11.6 Å². The third-order valence-corrected chi connectivity index (χ3v) is 9.10. The molecule has 0 N–H and O–H groups in total. The second-order valence-electron chi connectivity index (χ2n) is 8.52. The first kappa shape index (κ1) is 21.0. The van der Waals surface area contributed by atoms with Gasteiger partial charge in [-0.25, -0.2) is 22.4 Å². The zero-order valence-electron chi connectivity index (χ0n) is 17.9. The molecule has 4 heterocycles. The van der Waals surface area contributed by atoms with Gasteiger partial charge in [-0.05, 0) is 42.5 Å². The number of nitrogens with zero attached hydrogens (tertiary/aromatic N) is 3. The van der Waals surface area contributed by atoms with Crippen LogP contribution in [-0.2, 0) is 19.5 Å². The number of fused-ring (bicyclic) bond motifs is 1. The van der Waals surface area contributed by atoms with Crippen molar-refractivity contribution in [1.29, 1.82) is 0 Å². The maximum Gasteiger partial charge on any atom is 0.269 e. The molecule has 1 aliphatic heterocycles. The predicted molar refractivity (Wildman–Crippen MR) is 126 cm³/mol. The molecule has 0 radical (unpaired) electrons. The van der Waals surface area contributed by atoms with Crippen LogP contribution in [0.3, 0.4) is 0 Å². The van der Waals surface area contributed by atoms with Gasteiger partial charge in [-0.2, -0.15) is 0 Å². The molecule has 0 atom stereocenters. The van der Waals surface area contributed by atoms with Crippen molar-refractivity contribution < 1.29 is 17.9 Å². The van der Waals surface area contributed by atoms with Crippen molar-refractivity contribution >= 4 is 32.4 Å². The Labute approximate surface area is 196 Å². The van der Waals surface area contributed by atoms with Gasteiger partial charge in [0.25, 0.3) is 10.0 Å². The molecule has 1 saturated carbocycles. The number of thiazole rings is 1. The van der Waals surface area contributed by atoms with Crippen LogP contribution in [0.2, 0.25) is 0 Å². The molecule has 170 valence electrons. The Kier molecular flexibility index (Phi) is 5.10. The highest BCUT2D eigenvalue weighted by atomic mass is 32.2. The molecule has 33 heavy (non-hydrogen) atoms. The average Bonchev–Trinajstić information content (AvgIpc) is 3.60. The van der Waals surface area contributed by atoms with Crippen molar-refractivity contribution in [2.45, 2.75) is 42.3 Å². The van der Waals surface area contributed by atoms with Crippen molar-refractivity contribution in [3.63, 3.8) is 0 Å². The summed E-state index contributed by atoms with van der Waals surface area (Å²) < 4.78 is 39.9. The number of aromatic nitrogens is 3. The summed E-state index contributed by atoms with van der Waals surface area (Å²) in [6.45, 7) is 1.33. The zero-order chi connectivity index (χ0) is 22.5. The third kappa shape index (κ3) is 3.59. The lowest BCUT2D eigenvalue weighted by Gasteiger charge is -2.35. The molecule has 0 unspecified atom stereocenters. The molecule has 0 bridgehead atoms. The van der Waals surface area contributed by atoms with Gasteiger partial charge >= 0.3 is 0 Å². The van der Waals surface area contributed by atoms with E-state index in [0.29, 0.717) is 24.8 Å². The minimum atomic E-state index is -3.79. The van der Waals surface area contributed by atoms with Crippen LogP contribution in [0.15, 0.2) is 65.3 Å². The SMILES string of the molecule is O=S(=O)(c1ccccc1)n1cc(-c2nccs2)c2cc(C3CCC4(CC3)OCCO4)cnc21. The minimum absolute atomic E-state index is 0.229. The lowest BCUT2D eigenvalue weighted by atomic mass is 9.81. The van der Waals surface area contributed by atoms with E-state index in [-0.39, 0.29) is 4.90 Å². The van der Waals surface area contributed by atoms with Crippen LogP contribution >= 0.6 is 11.3 Å². The first-order valence-electron chi connectivity index (χ1n) is 11.1. The summed E-state index contributed by atoms with van der Waals surface area (Å²) in [6, 6.07) is 10.5. The summed E-state index contributed by atoms with van der Waals surface area (Å²) in [5.74, 6) is -0.0776. The molecule has 7 nitrogen and oxygen atoms in total. The Morgan fingerprint density at radius 3 is 2.52 bits per heavy atom. The summed E-state index contributed by atoms with van der Waals surface area (Å²) in [6.07, 6.45) is 8.82. The van der Waals surface area contributed by atoms with Gasteiger partial charge in [0.15, 0.2) is 11.4 Å². The van der Waals surface area contributed by atoms with Gasteiger partial charge in [0.2, 0.25) is 0 Å². The normalized spacial score (nSPS) is 18.9. The van der Waals surface area contributed by atoms with Crippen molar-refractivity contribution in [2.24, 2.45) is 0 Å². The van der Waals surface area contributed by atoms with Crippen LogP contribution in [0.4, 0.5) is 0 Å². The first-order chi connectivity index (χ1) is 16.1. The number of rotatable bonds is 4. The molecule has 1 aromatic carbocycles. The molecule has 0 amide bonds. The van der Waals surface area contributed by atoms with E-state index >= 15 is 0 Å². The van der Waals surface area contributed by atoms with Gasteiger partial charge in [-0.1, -0.05) is 18.2 Å². The van der Waals surface area contributed by atoms with E-state index in [4.69, 9.17) is 9.47 Å². The Morgan fingerprint density at radius 2 is 1.82 bits per heavy atom. The van der Waals surface area contributed by atoms with E-state index in [2.05, 4.69) is 16.0 Å². The van der Waals surface area contributed by atoms with E-state index in [9.17, 15) is 8.42 Å². The van der Waals surface area contributed by atoms with Crippen LogP contribution in [-0.4, -0.2) is 41.4 Å². The summed E-state index contributed by atoms with van der Waals surface area (Å²) in [4.78, 5) is 9.34. The molecule has 9 heteroatoms. The van der Waals surface area contributed by atoms with Crippen LogP contribution in [0, 0.1) is 0 Å². The fourth-order valence-corrected chi connectivity index (χ4v) is 6.92. The van der Waals surface area contributed by atoms with E-state index < -0.39 is 15.8 Å². The second kappa shape index (κ2) is 8.02. The van der Waals surface area contributed by atoms with Gasteiger partial charge in [0.05, 0.1) is 18.1 Å². The Bertz CT molecular complexity index is 1380. The smallest absolute Gasteiger partial charge is 0.269 e. The fraction of sp³-hybridized carbons (Fsp3) is 0.333. The predicted octanol–water partition coefficient (Wildman–Crippen LogP) is 4.80. The van der Waals surface area contributed by atoms with Crippen LogP contribution < -0.4 is 0 Å². The molecule has 2 fully saturated rings. The minimum Gasteiger partial charge on any atom is -0.348 e. The number of hydrogen-bond donors (Lipinski definition) is 0. The molecular formula is C24H23N3O4S2. The summed E-state index contributed by atoms with van der Waals surface area (Å²) in [7, 11) is -3.79. The molecule has 3 aromatic heterocycles. The van der Waals surface area contributed by atoms with E-state index in [1.165, 1.54) is 15.3 Å². The highest BCUT2D eigenvalue weighted by molar-refractivity contribution is 7.90. The van der Waals surface area contributed by atoms with Crippen molar-refractivity contribution in [3.8, 4) is 10.6 Å². The largest absolute Gasteiger partial charge is 0.348 e. The maximum absolute atomic E-state index is 13.4. The van der Waals surface area contributed by atoms with Crippen molar-refractivity contribution in [1.82, 2.24) is 13.9 Å². The first-order valence-corrected chi connectivity index (χ1v) is 13.4. The molecule has 1 aliphatic carbocycles.